The molecule has 2 aromatic heterocycles. The molecule has 1 atom stereocenters. The third-order valence-electron chi connectivity index (χ3n) is 4.04. The quantitative estimate of drug-likeness (QED) is 0.750. The van der Waals surface area contributed by atoms with Gasteiger partial charge in [-0.05, 0) is 18.2 Å². The lowest BCUT2D eigenvalue weighted by Gasteiger charge is -2.16. The maximum atomic E-state index is 12.0. The van der Waals surface area contributed by atoms with Crippen molar-refractivity contribution in [2.75, 3.05) is 32.1 Å². The summed E-state index contributed by atoms with van der Waals surface area (Å²) in [5.41, 5.74) is 1.09. The van der Waals surface area contributed by atoms with Crippen LogP contribution in [0.4, 0.5) is 5.95 Å². The van der Waals surface area contributed by atoms with Crippen molar-refractivity contribution in [3.05, 3.63) is 36.2 Å². The summed E-state index contributed by atoms with van der Waals surface area (Å²) in [7, 11) is 1.60. The van der Waals surface area contributed by atoms with E-state index in [0.29, 0.717) is 43.5 Å². The average molecular weight is 357 g/mol. The summed E-state index contributed by atoms with van der Waals surface area (Å²) in [5, 5.41) is 12.2. The number of carboxylic acid groups (broad SMARTS) is 1. The lowest BCUT2D eigenvalue weighted by atomic mass is 10.2. The van der Waals surface area contributed by atoms with Crippen LogP contribution < -0.4 is 5.32 Å². The van der Waals surface area contributed by atoms with Crippen molar-refractivity contribution in [1.29, 1.82) is 0 Å². The number of anilines is 1. The Morgan fingerprint density at radius 2 is 2.15 bits per heavy atom. The molecule has 0 spiro atoms. The first kappa shape index (κ1) is 17.7. The molecular formula is C17H19N5O4. The van der Waals surface area contributed by atoms with Gasteiger partial charge in [0.2, 0.25) is 11.9 Å². The van der Waals surface area contributed by atoms with E-state index in [1.165, 1.54) is 18.3 Å². The molecular weight excluding hydrogens is 338 g/mol. The lowest BCUT2D eigenvalue weighted by Crippen LogP contribution is -2.31. The summed E-state index contributed by atoms with van der Waals surface area (Å²) < 4.78 is 5.01. The first-order valence-electron chi connectivity index (χ1n) is 8.13. The van der Waals surface area contributed by atoms with Crippen LogP contribution in [0.1, 0.15) is 16.8 Å². The summed E-state index contributed by atoms with van der Waals surface area (Å²) in [4.78, 5) is 37.6. The number of aromatic nitrogens is 3. The molecule has 1 fully saturated rings. The van der Waals surface area contributed by atoms with Gasteiger partial charge < -0.3 is 20.1 Å². The first-order valence-corrected chi connectivity index (χ1v) is 8.13. The molecule has 0 radical (unpaired) electrons. The number of likely N-dealkylation sites (tertiary alicyclic amines) is 1. The highest BCUT2D eigenvalue weighted by atomic mass is 16.5. The molecule has 1 amide bonds. The standard InChI is InChI=1S/C17H19N5O4/c1-26-7-6-22-10-12(9-15(22)23)20-17-19-5-3-13(21-17)14-8-11(16(24)25)2-4-18-14/h2-5,8,12H,6-7,9-10H2,1H3,(H,24,25)(H,19,20,21)/t12-/m1/s1. The zero-order valence-electron chi connectivity index (χ0n) is 14.3. The second kappa shape index (κ2) is 7.87. The Morgan fingerprint density at radius 3 is 2.92 bits per heavy atom. The fraction of sp³-hybridized carbons (Fsp3) is 0.353. The fourth-order valence-corrected chi connectivity index (χ4v) is 2.74. The molecule has 26 heavy (non-hydrogen) atoms. The van der Waals surface area contributed by atoms with Crippen LogP contribution >= 0.6 is 0 Å². The number of carbonyl (C=O) groups excluding carboxylic acids is 1. The van der Waals surface area contributed by atoms with E-state index in [2.05, 4.69) is 20.3 Å². The van der Waals surface area contributed by atoms with E-state index in [4.69, 9.17) is 9.84 Å². The number of rotatable bonds is 7. The maximum Gasteiger partial charge on any atom is 0.335 e. The first-order chi connectivity index (χ1) is 12.6. The number of methoxy groups -OCH3 is 1. The third kappa shape index (κ3) is 4.12. The number of pyridine rings is 1. The summed E-state index contributed by atoms with van der Waals surface area (Å²) >= 11 is 0. The minimum Gasteiger partial charge on any atom is -0.478 e. The van der Waals surface area contributed by atoms with Crippen molar-refractivity contribution in [3.63, 3.8) is 0 Å². The van der Waals surface area contributed by atoms with E-state index in [1.807, 2.05) is 0 Å². The molecule has 0 saturated carbocycles. The minimum atomic E-state index is -1.03. The summed E-state index contributed by atoms with van der Waals surface area (Å²) in [6, 6.07) is 4.45. The third-order valence-corrected chi connectivity index (χ3v) is 4.04. The van der Waals surface area contributed by atoms with Crippen LogP contribution in [0.5, 0.6) is 0 Å². The molecule has 1 saturated heterocycles. The Balaban J connectivity index is 1.71. The van der Waals surface area contributed by atoms with E-state index in [9.17, 15) is 9.59 Å². The highest BCUT2D eigenvalue weighted by Gasteiger charge is 2.29. The molecule has 0 unspecified atom stereocenters. The van der Waals surface area contributed by atoms with Gasteiger partial charge in [-0.25, -0.2) is 14.8 Å². The molecule has 0 aliphatic carbocycles. The number of nitrogens with one attached hydrogen (secondary N) is 1. The SMILES string of the molecule is COCCN1C[C@H](Nc2nccc(-c3cc(C(=O)O)ccn3)n2)CC1=O. The van der Waals surface area contributed by atoms with Crippen LogP contribution in [0.25, 0.3) is 11.4 Å². The van der Waals surface area contributed by atoms with Gasteiger partial charge in [0, 0.05) is 39.0 Å². The second-order valence-electron chi connectivity index (χ2n) is 5.88. The lowest BCUT2D eigenvalue weighted by molar-refractivity contribution is -0.128. The Hall–Kier alpha value is -3.07. The highest BCUT2D eigenvalue weighted by Crippen LogP contribution is 2.19. The number of ether oxygens (including phenoxy) is 1. The molecule has 0 bridgehead atoms. The fourth-order valence-electron chi connectivity index (χ4n) is 2.74. The molecule has 2 aromatic rings. The Labute approximate surface area is 150 Å². The van der Waals surface area contributed by atoms with Crippen molar-refractivity contribution >= 4 is 17.8 Å². The van der Waals surface area contributed by atoms with E-state index < -0.39 is 5.97 Å². The van der Waals surface area contributed by atoms with Gasteiger partial charge in [0.25, 0.3) is 0 Å². The van der Waals surface area contributed by atoms with Crippen molar-refractivity contribution in [2.45, 2.75) is 12.5 Å². The van der Waals surface area contributed by atoms with Gasteiger partial charge in [-0.3, -0.25) is 9.78 Å². The molecule has 3 rings (SSSR count). The predicted octanol–water partition coefficient (Wildman–Crippen LogP) is 0.896. The molecule has 2 N–H and O–H groups in total. The van der Waals surface area contributed by atoms with Crippen molar-refractivity contribution in [3.8, 4) is 11.4 Å². The largest absolute Gasteiger partial charge is 0.478 e. The number of amides is 1. The number of hydrogen-bond donors (Lipinski definition) is 2. The summed E-state index contributed by atoms with van der Waals surface area (Å²) in [6.07, 6.45) is 3.36. The van der Waals surface area contributed by atoms with Gasteiger partial charge in [0.1, 0.15) is 0 Å². The maximum absolute atomic E-state index is 12.0. The van der Waals surface area contributed by atoms with Crippen LogP contribution in [0.2, 0.25) is 0 Å². The Bertz CT molecular complexity index is 813. The van der Waals surface area contributed by atoms with Crippen molar-refractivity contribution in [2.24, 2.45) is 0 Å². The Morgan fingerprint density at radius 1 is 1.35 bits per heavy atom. The van der Waals surface area contributed by atoms with Gasteiger partial charge in [-0.15, -0.1) is 0 Å². The number of carbonyl (C=O) groups is 2. The molecule has 1 aliphatic heterocycles. The summed E-state index contributed by atoms with van der Waals surface area (Å²) in [6.45, 7) is 1.61. The second-order valence-corrected chi connectivity index (χ2v) is 5.88. The Kier molecular flexibility index (Phi) is 5.37. The van der Waals surface area contributed by atoms with Crippen LogP contribution in [0.15, 0.2) is 30.6 Å². The monoisotopic (exact) mass is 357 g/mol. The van der Waals surface area contributed by atoms with E-state index in [1.54, 1.807) is 24.3 Å². The molecule has 3 heterocycles. The minimum absolute atomic E-state index is 0.0616. The highest BCUT2D eigenvalue weighted by molar-refractivity contribution is 5.88. The van der Waals surface area contributed by atoms with E-state index in [-0.39, 0.29) is 17.5 Å². The van der Waals surface area contributed by atoms with Crippen molar-refractivity contribution in [1.82, 2.24) is 19.9 Å². The molecule has 136 valence electrons. The zero-order valence-corrected chi connectivity index (χ0v) is 14.3. The average Bonchev–Trinajstić information content (AvgIpc) is 2.99. The molecule has 9 heteroatoms. The van der Waals surface area contributed by atoms with Crippen LogP contribution in [0, 0.1) is 0 Å². The summed E-state index contributed by atoms with van der Waals surface area (Å²) in [5.74, 6) is -0.593. The van der Waals surface area contributed by atoms with Gasteiger partial charge in [0.05, 0.1) is 29.6 Å². The number of nitrogens with zero attached hydrogens (tertiary/aromatic N) is 4. The van der Waals surface area contributed by atoms with Gasteiger partial charge in [-0.1, -0.05) is 0 Å². The van der Waals surface area contributed by atoms with Crippen molar-refractivity contribution < 1.29 is 19.4 Å². The van der Waals surface area contributed by atoms with Crippen LogP contribution in [-0.2, 0) is 9.53 Å². The van der Waals surface area contributed by atoms with Crippen LogP contribution in [-0.4, -0.2) is 69.7 Å². The normalized spacial score (nSPS) is 16.7. The molecule has 1 aliphatic rings. The number of hydrogen-bond acceptors (Lipinski definition) is 7. The van der Waals surface area contributed by atoms with E-state index in [0.717, 1.165) is 0 Å². The van der Waals surface area contributed by atoms with Gasteiger partial charge >= 0.3 is 5.97 Å². The molecule has 9 nitrogen and oxygen atoms in total. The number of aromatic carboxylic acids is 1. The van der Waals surface area contributed by atoms with E-state index >= 15 is 0 Å². The number of carboxylic acids is 1. The van der Waals surface area contributed by atoms with Gasteiger partial charge in [-0.2, -0.15) is 0 Å². The van der Waals surface area contributed by atoms with Gasteiger partial charge in [0.15, 0.2) is 0 Å². The molecule has 0 aromatic carbocycles. The zero-order chi connectivity index (χ0) is 18.5. The smallest absolute Gasteiger partial charge is 0.335 e. The van der Waals surface area contributed by atoms with Crippen LogP contribution in [0.3, 0.4) is 0 Å². The predicted molar refractivity (Wildman–Crippen MR) is 92.7 cm³/mol. The topological polar surface area (TPSA) is 118 Å².